The molecule has 2 rings (SSSR count). The van der Waals surface area contributed by atoms with Gasteiger partial charge >= 0.3 is 0 Å². The van der Waals surface area contributed by atoms with Gasteiger partial charge in [-0.1, -0.05) is 11.6 Å². The van der Waals surface area contributed by atoms with Gasteiger partial charge in [-0.15, -0.1) is 11.3 Å². The second-order valence-electron chi connectivity index (χ2n) is 4.38. The Balaban J connectivity index is 2.26. The Labute approximate surface area is 124 Å². The van der Waals surface area contributed by atoms with E-state index in [-0.39, 0.29) is 6.04 Å². The molecular formula is C12H15BrClN3S. The first-order valence-electron chi connectivity index (χ1n) is 5.58. The zero-order chi connectivity index (χ0) is 13.4. The molecule has 0 radical (unpaired) electrons. The van der Waals surface area contributed by atoms with Crippen LogP contribution in [-0.2, 0) is 13.5 Å². The van der Waals surface area contributed by atoms with Crippen LogP contribution < -0.4 is 5.73 Å². The molecule has 1 atom stereocenters. The van der Waals surface area contributed by atoms with Crippen molar-refractivity contribution >= 4 is 38.9 Å². The molecule has 98 valence electrons. The molecule has 2 N–H and O–H groups in total. The molecule has 18 heavy (non-hydrogen) atoms. The highest BCUT2D eigenvalue weighted by atomic mass is 79.9. The molecule has 0 spiro atoms. The van der Waals surface area contributed by atoms with Gasteiger partial charge in [-0.3, -0.25) is 4.68 Å². The number of aryl methyl sites for hydroxylation is 3. The zero-order valence-corrected chi connectivity index (χ0v) is 13.7. The molecule has 0 amide bonds. The Morgan fingerprint density at radius 1 is 1.56 bits per heavy atom. The van der Waals surface area contributed by atoms with Gasteiger partial charge in [0.15, 0.2) is 0 Å². The van der Waals surface area contributed by atoms with Crippen molar-refractivity contribution in [2.45, 2.75) is 26.3 Å². The molecule has 0 aliphatic carbocycles. The summed E-state index contributed by atoms with van der Waals surface area (Å²) in [7, 11) is 1.93. The topological polar surface area (TPSA) is 43.8 Å². The number of halogens is 2. The van der Waals surface area contributed by atoms with E-state index >= 15 is 0 Å². The molecule has 2 aromatic rings. The minimum Gasteiger partial charge on any atom is -0.323 e. The highest BCUT2D eigenvalue weighted by molar-refractivity contribution is 9.10. The summed E-state index contributed by atoms with van der Waals surface area (Å²) >= 11 is 11.4. The second kappa shape index (κ2) is 5.33. The van der Waals surface area contributed by atoms with Crippen LogP contribution in [0.2, 0.25) is 5.02 Å². The molecule has 0 fully saturated rings. The van der Waals surface area contributed by atoms with E-state index in [0.717, 1.165) is 37.7 Å². The summed E-state index contributed by atoms with van der Waals surface area (Å²) in [4.78, 5) is 1.04. The van der Waals surface area contributed by atoms with E-state index in [4.69, 9.17) is 17.3 Å². The summed E-state index contributed by atoms with van der Waals surface area (Å²) in [6.45, 7) is 3.97. The predicted molar refractivity (Wildman–Crippen MR) is 80.3 cm³/mol. The number of thiophene rings is 1. The summed E-state index contributed by atoms with van der Waals surface area (Å²) < 4.78 is 2.90. The van der Waals surface area contributed by atoms with Gasteiger partial charge in [-0.05, 0) is 40.7 Å². The molecule has 0 saturated heterocycles. The fourth-order valence-corrected chi connectivity index (χ4v) is 3.74. The van der Waals surface area contributed by atoms with Crippen molar-refractivity contribution in [1.82, 2.24) is 9.78 Å². The highest BCUT2D eigenvalue weighted by Gasteiger charge is 2.19. The predicted octanol–water partition coefficient (Wildman–Crippen LogP) is 3.76. The van der Waals surface area contributed by atoms with Crippen molar-refractivity contribution < 1.29 is 0 Å². The van der Waals surface area contributed by atoms with Crippen molar-refractivity contribution in [2.24, 2.45) is 12.8 Å². The lowest BCUT2D eigenvalue weighted by atomic mass is 10.1. The molecule has 0 bridgehead atoms. The maximum Gasteiger partial charge on any atom is 0.0738 e. The van der Waals surface area contributed by atoms with Crippen molar-refractivity contribution in [3.63, 3.8) is 0 Å². The number of hydrogen-bond acceptors (Lipinski definition) is 3. The first kappa shape index (κ1) is 14.1. The van der Waals surface area contributed by atoms with Crippen molar-refractivity contribution in [2.75, 3.05) is 0 Å². The maximum absolute atomic E-state index is 6.25. The lowest BCUT2D eigenvalue weighted by molar-refractivity contribution is 0.644. The van der Waals surface area contributed by atoms with E-state index in [1.807, 2.05) is 31.0 Å². The highest BCUT2D eigenvalue weighted by Crippen LogP contribution is 2.34. The van der Waals surface area contributed by atoms with E-state index in [2.05, 4.69) is 21.0 Å². The van der Waals surface area contributed by atoms with Crippen LogP contribution in [0.3, 0.4) is 0 Å². The van der Waals surface area contributed by atoms with Gasteiger partial charge in [0.2, 0.25) is 0 Å². The second-order valence-corrected chi connectivity index (χ2v) is 6.46. The molecule has 6 heteroatoms. The third-order valence-corrected chi connectivity index (χ3v) is 5.81. The van der Waals surface area contributed by atoms with Gasteiger partial charge in [0.1, 0.15) is 0 Å². The minimum atomic E-state index is -0.0951. The van der Waals surface area contributed by atoms with E-state index in [9.17, 15) is 0 Å². The molecule has 2 heterocycles. The monoisotopic (exact) mass is 347 g/mol. The summed E-state index contributed by atoms with van der Waals surface area (Å²) in [5.74, 6) is 0. The summed E-state index contributed by atoms with van der Waals surface area (Å²) in [6, 6.07) is -0.0951. The SMILES string of the molecule is Cc1csc(C(N)Cc2c(Br)c(C)nn2C)c1Cl. The molecular weight excluding hydrogens is 334 g/mol. The standard InChI is InChI=1S/C12H15BrClN3S/c1-6-5-18-12(11(6)14)8(15)4-9-10(13)7(2)16-17(9)3/h5,8H,4,15H2,1-3H3. The summed E-state index contributed by atoms with van der Waals surface area (Å²) in [5.41, 5.74) is 9.42. The Hall–Kier alpha value is -0.360. The average molecular weight is 349 g/mol. The quantitative estimate of drug-likeness (QED) is 0.918. The van der Waals surface area contributed by atoms with Gasteiger partial charge < -0.3 is 5.73 Å². The van der Waals surface area contributed by atoms with Crippen LogP contribution in [0, 0.1) is 13.8 Å². The van der Waals surface area contributed by atoms with Crippen LogP contribution in [-0.4, -0.2) is 9.78 Å². The van der Waals surface area contributed by atoms with Crippen LogP contribution >= 0.6 is 38.9 Å². The number of aromatic nitrogens is 2. The number of hydrogen-bond donors (Lipinski definition) is 1. The van der Waals surface area contributed by atoms with E-state index in [0.29, 0.717) is 0 Å². The van der Waals surface area contributed by atoms with Crippen molar-refractivity contribution in [3.8, 4) is 0 Å². The average Bonchev–Trinajstić information content (AvgIpc) is 2.75. The molecule has 0 aromatic carbocycles. The fourth-order valence-electron chi connectivity index (χ4n) is 1.90. The van der Waals surface area contributed by atoms with E-state index in [1.54, 1.807) is 11.3 Å². The normalized spacial score (nSPS) is 13.0. The molecule has 0 saturated carbocycles. The Morgan fingerprint density at radius 3 is 2.67 bits per heavy atom. The van der Waals surface area contributed by atoms with Crippen LogP contribution in [0.5, 0.6) is 0 Å². The molecule has 2 aromatic heterocycles. The van der Waals surface area contributed by atoms with Crippen LogP contribution in [0.1, 0.15) is 27.9 Å². The zero-order valence-electron chi connectivity index (χ0n) is 10.5. The van der Waals surface area contributed by atoms with Crippen LogP contribution in [0.15, 0.2) is 9.85 Å². The molecule has 0 aliphatic heterocycles. The Kier molecular flexibility index (Phi) is 4.16. The third-order valence-electron chi connectivity index (χ3n) is 2.94. The lowest BCUT2D eigenvalue weighted by Crippen LogP contribution is -2.15. The molecule has 3 nitrogen and oxygen atoms in total. The molecule has 0 aliphatic rings. The number of nitrogens with zero attached hydrogens (tertiary/aromatic N) is 2. The molecule has 1 unspecified atom stereocenters. The van der Waals surface area contributed by atoms with Gasteiger partial charge in [-0.2, -0.15) is 5.10 Å². The fraction of sp³-hybridized carbons (Fsp3) is 0.417. The number of rotatable bonds is 3. The van der Waals surface area contributed by atoms with Gasteiger partial charge in [0, 0.05) is 24.4 Å². The minimum absolute atomic E-state index is 0.0951. The van der Waals surface area contributed by atoms with E-state index in [1.165, 1.54) is 0 Å². The van der Waals surface area contributed by atoms with Gasteiger partial charge in [0.05, 0.1) is 20.9 Å². The lowest BCUT2D eigenvalue weighted by Gasteiger charge is -2.11. The Morgan fingerprint density at radius 2 is 2.22 bits per heavy atom. The summed E-state index contributed by atoms with van der Waals surface area (Å²) in [5, 5.41) is 7.21. The largest absolute Gasteiger partial charge is 0.323 e. The van der Waals surface area contributed by atoms with Gasteiger partial charge in [-0.25, -0.2) is 0 Å². The first-order valence-corrected chi connectivity index (χ1v) is 7.64. The Bertz CT molecular complexity index is 576. The maximum atomic E-state index is 6.25. The van der Waals surface area contributed by atoms with Crippen LogP contribution in [0.25, 0.3) is 0 Å². The third kappa shape index (κ3) is 2.50. The number of nitrogens with two attached hydrogens (primary N) is 1. The van der Waals surface area contributed by atoms with Gasteiger partial charge in [0.25, 0.3) is 0 Å². The van der Waals surface area contributed by atoms with Crippen molar-refractivity contribution in [1.29, 1.82) is 0 Å². The first-order chi connectivity index (χ1) is 8.41. The van der Waals surface area contributed by atoms with Crippen molar-refractivity contribution in [3.05, 3.63) is 36.7 Å². The smallest absolute Gasteiger partial charge is 0.0738 e. The van der Waals surface area contributed by atoms with Crippen LogP contribution in [0.4, 0.5) is 0 Å². The summed E-state index contributed by atoms with van der Waals surface area (Å²) in [6.07, 6.45) is 0.720. The van der Waals surface area contributed by atoms with E-state index < -0.39 is 0 Å².